The van der Waals surface area contributed by atoms with Crippen molar-refractivity contribution in [1.29, 1.82) is 0 Å². The molecular weight excluding hydrogens is 362 g/mol. The van der Waals surface area contributed by atoms with Gasteiger partial charge in [-0.1, -0.05) is 53.5 Å². The lowest BCUT2D eigenvalue weighted by molar-refractivity contribution is 0.147. The maximum absolute atomic E-state index is 13.3. The molecule has 128 valence electrons. The minimum absolute atomic E-state index is 0.385. The molecule has 3 nitrogen and oxygen atoms in total. The number of nitrogens with two attached hydrogens (primary N) is 1. The Labute approximate surface area is 154 Å². The van der Waals surface area contributed by atoms with Crippen LogP contribution in [0.4, 0.5) is 4.39 Å². The van der Waals surface area contributed by atoms with Crippen molar-refractivity contribution in [3.8, 4) is 11.1 Å². The third kappa shape index (κ3) is 3.99. The summed E-state index contributed by atoms with van der Waals surface area (Å²) in [6, 6.07) is 12.8. The molecule has 0 saturated carbocycles. The normalized spacial score (nSPS) is 13.5. The van der Waals surface area contributed by atoms with Gasteiger partial charge in [0.1, 0.15) is 5.82 Å². The Kier molecular flexibility index (Phi) is 5.35. The molecule has 0 unspecified atom stereocenters. The molecule has 0 aliphatic rings. The number of aliphatic hydroxyl groups excluding tert-OH is 1. The van der Waals surface area contributed by atoms with E-state index in [-0.39, 0.29) is 0 Å². The lowest BCUT2D eigenvalue weighted by Crippen LogP contribution is -2.19. The number of rotatable bonds is 4. The molecule has 3 aromatic rings. The van der Waals surface area contributed by atoms with E-state index >= 15 is 0 Å². The van der Waals surface area contributed by atoms with E-state index in [0.29, 0.717) is 26.7 Å². The van der Waals surface area contributed by atoms with Crippen LogP contribution in [0.3, 0.4) is 0 Å². The first-order chi connectivity index (χ1) is 12.0. The monoisotopic (exact) mass is 376 g/mol. The predicted octanol–water partition coefficient (Wildman–Crippen LogP) is 4.93. The van der Waals surface area contributed by atoms with Crippen molar-refractivity contribution in [3.63, 3.8) is 0 Å². The van der Waals surface area contributed by atoms with Crippen LogP contribution in [0.5, 0.6) is 0 Å². The van der Waals surface area contributed by atoms with Crippen LogP contribution >= 0.6 is 23.2 Å². The third-order valence-corrected chi connectivity index (χ3v) is 4.70. The van der Waals surface area contributed by atoms with Gasteiger partial charge in [0.25, 0.3) is 0 Å². The zero-order valence-electron chi connectivity index (χ0n) is 13.0. The molecular formula is C19H15Cl2FN2O. The molecule has 0 bridgehead atoms. The number of hydrogen-bond donors (Lipinski definition) is 2. The zero-order chi connectivity index (χ0) is 18.0. The molecule has 6 heteroatoms. The summed E-state index contributed by atoms with van der Waals surface area (Å²) >= 11 is 11.9. The standard InChI is InChI=1S/C19H15Cl2FN2O/c20-16-6-5-13(8-17(16)21)18(23)19(25)12-3-1-11(2-4-12)14-7-15(22)10-24-9-14/h1-10,18-19,25H,23H2/t18-,19+/m0/s1. The molecule has 2 aromatic carbocycles. The average molecular weight is 377 g/mol. The summed E-state index contributed by atoms with van der Waals surface area (Å²) in [5, 5.41) is 11.4. The second-order valence-electron chi connectivity index (χ2n) is 5.66. The van der Waals surface area contributed by atoms with Gasteiger partial charge >= 0.3 is 0 Å². The maximum atomic E-state index is 13.3. The van der Waals surface area contributed by atoms with Gasteiger partial charge in [-0.2, -0.15) is 0 Å². The molecule has 3 N–H and O–H groups in total. The van der Waals surface area contributed by atoms with Gasteiger partial charge in [-0.25, -0.2) is 4.39 Å². The van der Waals surface area contributed by atoms with Crippen molar-refractivity contribution in [2.75, 3.05) is 0 Å². The molecule has 2 atom stereocenters. The van der Waals surface area contributed by atoms with E-state index in [2.05, 4.69) is 4.98 Å². The zero-order valence-corrected chi connectivity index (χ0v) is 14.5. The first-order valence-corrected chi connectivity index (χ1v) is 8.31. The number of hydrogen-bond acceptors (Lipinski definition) is 3. The van der Waals surface area contributed by atoms with Crippen LogP contribution in [-0.2, 0) is 0 Å². The van der Waals surface area contributed by atoms with E-state index in [1.807, 2.05) is 0 Å². The third-order valence-electron chi connectivity index (χ3n) is 3.96. The van der Waals surface area contributed by atoms with Gasteiger partial charge in [-0.3, -0.25) is 4.98 Å². The van der Waals surface area contributed by atoms with Gasteiger partial charge in [-0.05, 0) is 34.9 Å². The highest BCUT2D eigenvalue weighted by Gasteiger charge is 2.19. The molecule has 25 heavy (non-hydrogen) atoms. The number of halogens is 3. The van der Waals surface area contributed by atoms with E-state index in [1.54, 1.807) is 48.7 Å². The van der Waals surface area contributed by atoms with E-state index in [4.69, 9.17) is 28.9 Å². The van der Waals surface area contributed by atoms with Crippen LogP contribution in [0.15, 0.2) is 60.9 Å². The van der Waals surface area contributed by atoms with Crippen molar-refractivity contribution < 1.29 is 9.50 Å². The summed E-state index contributed by atoms with van der Waals surface area (Å²) < 4.78 is 13.3. The van der Waals surface area contributed by atoms with E-state index < -0.39 is 18.0 Å². The Bertz CT molecular complexity index is 887. The number of benzene rings is 2. The van der Waals surface area contributed by atoms with Crippen LogP contribution in [0.25, 0.3) is 11.1 Å². The first-order valence-electron chi connectivity index (χ1n) is 7.55. The minimum atomic E-state index is -0.920. The number of aromatic nitrogens is 1. The van der Waals surface area contributed by atoms with Crippen molar-refractivity contribution in [3.05, 3.63) is 87.9 Å². The summed E-state index contributed by atoms with van der Waals surface area (Å²) in [6.07, 6.45) is 1.81. The predicted molar refractivity (Wildman–Crippen MR) is 98.0 cm³/mol. The van der Waals surface area contributed by atoms with Gasteiger partial charge in [0.15, 0.2) is 0 Å². The summed E-state index contributed by atoms with van der Waals surface area (Å²) in [5.74, 6) is -0.400. The highest BCUT2D eigenvalue weighted by molar-refractivity contribution is 6.42. The SMILES string of the molecule is N[C@@H](c1ccc(Cl)c(Cl)c1)[C@H](O)c1ccc(-c2cncc(F)c2)cc1. The number of aliphatic hydroxyl groups is 1. The van der Waals surface area contributed by atoms with Gasteiger partial charge in [0.05, 0.1) is 28.4 Å². The second-order valence-corrected chi connectivity index (χ2v) is 6.47. The van der Waals surface area contributed by atoms with Crippen LogP contribution in [-0.4, -0.2) is 10.1 Å². The highest BCUT2D eigenvalue weighted by atomic mass is 35.5. The fourth-order valence-electron chi connectivity index (χ4n) is 2.55. The topological polar surface area (TPSA) is 59.1 Å². The molecule has 0 aliphatic carbocycles. The molecule has 3 rings (SSSR count). The average Bonchev–Trinajstić information content (AvgIpc) is 2.63. The van der Waals surface area contributed by atoms with Crippen molar-refractivity contribution in [2.45, 2.75) is 12.1 Å². The molecule has 0 radical (unpaired) electrons. The smallest absolute Gasteiger partial charge is 0.142 e. The largest absolute Gasteiger partial charge is 0.386 e. The number of nitrogens with zero attached hydrogens (tertiary/aromatic N) is 1. The molecule has 0 aliphatic heterocycles. The van der Waals surface area contributed by atoms with Gasteiger partial charge in [0, 0.05) is 11.8 Å². The second kappa shape index (κ2) is 7.50. The fourth-order valence-corrected chi connectivity index (χ4v) is 2.86. The van der Waals surface area contributed by atoms with Crippen LogP contribution < -0.4 is 5.73 Å². The molecule has 1 heterocycles. The van der Waals surface area contributed by atoms with Gasteiger partial charge < -0.3 is 10.8 Å². The Balaban J connectivity index is 1.82. The van der Waals surface area contributed by atoms with Crippen molar-refractivity contribution >= 4 is 23.2 Å². The molecule has 0 spiro atoms. The summed E-state index contributed by atoms with van der Waals surface area (Å²) in [7, 11) is 0. The molecule has 0 fully saturated rings. The van der Waals surface area contributed by atoms with Crippen LogP contribution in [0, 0.1) is 5.82 Å². The van der Waals surface area contributed by atoms with E-state index in [1.165, 1.54) is 6.07 Å². The number of pyridine rings is 1. The van der Waals surface area contributed by atoms with E-state index in [0.717, 1.165) is 11.8 Å². The lowest BCUT2D eigenvalue weighted by atomic mass is 9.95. The molecule has 1 aromatic heterocycles. The minimum Gasteiger partial charge on any atom is -0.386 e. The van der Waals surface area contributed by atoms with Crippen LogP contribution in [0.1, 0.15) is 23.3 Å². The molecule has 0 saturated heterocycles. The van der Waals surface area contributed by atoms with E-state index in [9.17, 15) is 9.50 Å². The summed E-state index contributed by atoms with van der Waals surface area (Å²) in [6.45, 7) is 0. The first kappa shape index (κ1) is 17.8. The Morgan fingerprint density at radius 3 is 2.20 bits per heavy atom. The highest BCUT2D eigenvalue weighted by Crippen LogP contribution is 2.32. The van der Waals surface area contributed by atoms with Gasteiger partial charge in [0.2, 0.25) is 0 Å². The van der Waals surface area contributed by atoms with Crippen molar-refractivity contribution in [2.24, 2.45) is 5.73 Å². The summed E-state index contributed by atoms with van der Waals surface area (Å²) in [4.78, 5) is 3.83. The van der Waals surface area contributed by atoms with Crippen LogP contribution in [0.2, 0.25) is 10.0 Å². The summed E-state index contributed by atoms with van der Waals surface area (Å²) in [5.41, 5.74) is 8.93. The van der Waals surface area contributed by atoms with Gasteiger partial charge in [-0.15, -0.1) is 0 Å². The Morgan fingerprint density at radius 1 is 0.880 bits per heavy atom. The maximum Gasteiger partial charge on any atom is 0.142 e. The Hall–Kier alpha value is -1.98. The Morgan fingerprint density at radius 2 is 1.56 bits per heavy atom. The molecule has 0 amide bonds. The fraction of sp³-hybridized carbons (Fsp3) is 0.105. The lowest BCUT2D eigenvalue weighted by Gasteiger charge is -2.20. The quantitative estimate of drug-likeness (QED) is 0.678. The van der Waals surface area contributed by atoms with Crippen molar-refractivity contribution in [1.82, 2.24) is 4.98 Å².